The molecule has 2 aromatic rings. The van der Waals surface area contributed by atoms with E-state index in [1.807, 2.05) is 32.9 Å². The van der Waals surface area contributed by atoms with E-state index in [9.17, 15) is 4.79 Å². The normalized spacial score (nSPS) is 11.1. The molecule has 0 aromatic carbocycles. The molecule has 1 amide bonds. The van der Waals surface area contributed by atoms with Crippen LogP contribution in [0.5, 0.6) is 0 Å². The smallest absolute Gasteiger partial charge is 0.290 e. The van der Waals surface area contributed by atoms with Crippen LogP contribution in [0.2, 0.25) is 0 Å². The molecule has 0 bridgehead atoms. The lowest BCUT2D eigenvalue weighted by Crippen LogP contribution is -2.36. The fourth-order valence-corrected chi connectivity index (χ4v) is 1.97. The zero-order valence-electron chi connectivity index (χ0n) is 12.1. The Morgan fingerprint density at radius 2 is 1.90 bits per heavy atom. The lowest BCUT2D eigenvalue weighted by atomic mass is 10.2. The summed E-state index contributed by atoms with van der Waals surface area (Å²) in [5, 5.41) is 0. The van der Waals surface area contributed by atoms with E-state index in [1.54, 1.807) is 17.0 Å². The highest BCUT2D eigenvalue weighted by molar-refractivity contribution is 5.91. The van der Waals surface area contributed by atoms with E-state index in [-0.39, 0.29) is 18.5 Å². The highest BCUT2D eigenvalue weighted by Gasteiger charge is 2.23. The second kappa shape index (κ2) is 5.96. The lowest BCUT2D eigenvalue weighted by molar-refractivity contribution is 0.0640. The van der Waals surface area contributed by atoms with Crippen molar-refractivity contribution in [2.75, 3.05) is 0 Å². The summed E-state index contributed by atoms with van der Waals surface area (Å²) in [7, 11) is 0. The summed E-state index contributed by atoms with van der Waals surface area (Å²) in [5.41, 5.74) is 5.49. The number of carbonyl (C=O) groups is 1. The van der Waals surface area contributed by atoms with Gasteiger partial charge in [0, 0.05) is 6.04 Å². The molecular formula is C15H20N2O3. The van der Waals surface area contributed by atoms with E-state index in [2.05, 4.69) is 0 Å². The zero-order valence-corrected chi connectivity index (χ0v) is 12.1. The lowest BCUT2D eigenvalue weighted by Gasteiger charge is -2.24. The second-order valence-electron chi connectivity index (χ2n) is 5.01. The van der Waals surface area contributed by atoms with Crippen molar-refractivity contribution >= 4 is 5.91 Å². The molecule has 2 N–H and O–H groups in total. The number of nitrogens with zero attached hydrogens (tertiary/aromatic N) is 1. The van der Waals surface area contributed by atoms with E-state index in [4.69, 9.17) is 14.6 Å². The van der Waals surface area contributed by atoms with Crippen molar-refractivity contribution in [1.82, 2.24) is 4.90 Å². The summed E-state index contributed by atoms with van der Waals surface area (Å²) < 4.78 is 11.0. The molecule has 0 saturated heterocycles. The second-order valence-corrected chi connectivity index (χ2v) is 5.01. The Morgan fingerprint density at radius 1 is 1.20 bits per heavy atom. The van der Waals surface area contributed by atoms with Gasteiger partial charge in [-0.2, -0.15) is 0 Å². The SMILES string of the molecule is Cc1ccc(CN(C(=O)c2ccc(CN)o2)C(C)C)o1. The summed E-state index contributed by atoms with van der Waals surface area (Å²) in [6.45, 7) is 6.50. The van der Waals surface area contributed by atoms with Crippen molar-refractivity contribution in [2.24, 2.45) is 5.73 Å². The number of hydrogen-bond donors (Lipinski definition) is 1. The molecule has 0 aliphatic rings. The minimum absolute atomic E-state index is 0.0410. The maximum atomic E-state index is 12.5. The number of aryl methyl sites for hydroxylation is 1. The van der Waals surface area contributed by atoms with Gasteiger partial charge in [0.25, 0.3) is 5.91 Å². The third kappa shape index (κ3) is 3.11. The Labute approximate surface area is 118 Å². The van der Waals surface area contributed by atoms with Gasteiger partial charge in [-0.05, 0) is 45.0 Å². The van der Waals surface area contributed by atoms with Gasteiger partial charge in [-0.1, -0.05) is 0 Å². The predicted molar refractivity (Wildman–Crippen MR) is 75.1 cm³/mol. The monoisotopic (exact) mass is 276 g/mol. The predicted octanol–water partition coefficient (Wildman–Crippen LogP) is 2.69. The Kier molecular flexibility index (Phi) is 4.29. The maximum absolute atomic E-state index is 12.5. The van der Waals surface area contributed by atoms with Crippen molar-refractivity contribution in [3.8, 4) is 0 Å². The van der Waals surface area contributed by atoms with Crippen LogP contribution in [-0.4, -0.2) is 16.8 Å². The average molecular weight is 276 g/mol. The van der Waals surface area contributed by atoms with Crippen molar-refractivity contribution < 1.29 is 13.6 Å². The molecule has 20 heavy (non-hydrogen) atoms. The molecule has 0 radical (unpaired) electrons. The van der Waals surface area contributed by atoms with Gasteiger partial charge in [0.05, 0.1) is 13.1 Å². The van der Waals surface area contributed by atoms with Crippen molar-refractivity contribution in [2.45, 2.75) is 39.9 Å². The zero-order chi connectivity index (χ0) is 14.7. The van der Waals surface area contributed by atoms with Crippen LogP contribution in [0.25, 0.3) is 0 Å². The molecule has 5 nitrogen and oxygen atoms in total. The standard InChI is InChI=1S/C15H20N2O3/c1-10(2)17(9-13-5-4-11(3)19-13)15(18)14-7-6-12(8-16)20-14/h4-7,10H,8-9,16H2,1-3H3. The largest absolute Gasteiger partial charge is 0.464 e. The van der Waals surface area contributed by atoms with Gasteiger partial charge in [-0.3, -0.25) is 4.79 Å². The third-order valence-corrected chi connectivity index (χ3v) is 3.08. The van der Waals surface area contributed by atoms with Gasteiger partial charge in [-0.25, -0.2) is 0 Å². The molecule has 0 aliphatic heterocycles. The van der Waals surface area contributed by atoms with Gasteiger partial charge in [-0.15, -0.1) is 0 Å². The minimum atomic E-state index is -0.159. The van der Waals surface area contributed by atoms with Gasteiger partial charge >= 0.3 is 0 Å². The van der Waals surface area contributed by atoms with Crippen LogP contribution in [0.15, 0.2) is 33.1 Å². The fraction of sp³-hybridized carbons (Fsp3) is 0.400. The molecule has 108 valence electrons. The van der Waals surface area contributed by atoms with E-state index in [0.717, 1.165) is 11.5 Å². The Bertz CT molecular complexity index is 583. The molecular weight excluding hydrogens is 256 g/mol. The number of hydrogen-bond acceptors (Lipinski definition) is 4. The summed E-state index contributed by atoms with van der Waals surface area (Å²) in [6, 6.07) is 7.19. The van der Waals surface area contributed by atoms with E-state index in [1.165, 1.54) is 0 Å². The van der Waals surface area contributed by atoms with Crippen LogP contribution in [0, 0.1) is 6.92 Å². The average Bonchev–Trinajstić information content (AvgIpc) is 3.03. The molecule has 0 spiro atoms. The molecule has 2 rings (SSSR count). The quantitative estimate of drug-likeness (QED) is 0.911. The highest BCUT2D eigenvalue weighted by Crippen LogP contribution is 2.17. The Hall–Kier alpha value is -2.01. The van der Waals surface area contributed by atoms with Crippen molar-refractivity contribution in [1.29, 1.82) is 0 Å². The summed E-state index contributed by atoms with van der Waals surface area (Å²) >= 11 is 0. The van der Waals surface area contributed by atoms with Crippen molar-refractivity contribution in [3.05, 3.63) is 47.3 Å². The Morgan fingerprint density at radius 3 is 2.40 bits per heavy atom. The minimum Gasteiger partial charge on any atom is -0.464 e. The maximum Gasteiger partial charge on any atom is 0.290 e. The molecule has 0 unspecified atom stereocenters. The van der Waals surface area contributed by atoms with E-state index in [0.29, 0.717) is 18.1 Å². The first kappa shape index (κ1) is 14.4. The van der Waals surface area contributed by atoms with Crippen LogP contribution >= 0.6 is 0 Å². The third-order valence-electron chi connectivity index (χ3n) is 3.08. The first-order valence-electron chi connectivity index (χ1n) is 6.66. The van der Waals surface area contributed by atoms with Gasteiger partial charge in [0.2, 0.25) is 0 Å². The van der Waals surface area contributed by atoms with E-state index >= 15 is 0 Å². The fourth-order valence-electron chi connectivity index (χ4n) is 1.97. The molecule has 2 heterocycles. The molecule has 0 saturated carbocycles. The molecule has 0 atom stereocenters. The summed E-state index contributed by atoms with van der Waals surface area (Å²) in [5.74, 6) is 2.34. The first-order valence-corrected chi connectivity index (χ1v) is 6.66. The van der Waals surface area contributed by atoms with Gasteiger partial charge < -0.3 is 19.5 Å². The van der Waals surface area contributed by atoms with Crippen LogP contribution in [0.1, 0.15) is 41.7 Å². The summed E-state index contributed by atoms with van der Waals surface area (Å²) in [6.07, 6.45) is 0. The van der Waals surface area contributed by atoms with Crippen LogP contribution < -0.4 is 5.73 Å². The van der Waals surface area contributed by atoms with Crippen LogP contribution in [0.3, 0.4) is 0 Å². The number of amides is 1. The van der Waals surface area contributed by atoms with Crippen LogP contribution in [-0.2, 0) is 13.1 Å². The topological polar surface area (TPSA) is 72.6 Å². The molecule has 0 aliphatic carbocycles. The number of rotatable bonds is 5. The number of nitrogens with two attached hydrogens (primary N) is 1. The molecule has 5 heteroatoms. The summed E-state index contributed by atoms with van der Waals surface area (Å²) in [4.78, 5) is 14.2. The van der Waals surface area contributed by atoms with Crippen molar-refractivity contribution in [3.63, 3.8) is 0 Å². The molecule has 2 aromatic heterocycles. The van der Waals surface area contributed by atoms with E-state index < -0.39 is 0 Å². The van der Waals surface area contributed by atoms with Gasteiger partial charge in [0.15, 0.2) is 5.76 Å². The number of furan rings is 2. The number of carbonyl (C=O) groups excluding carboxylic acids is 1. The Balaban J connectivity index is 2.17. The van der Waals surface area contributed by atoms with Gasteiger partial charge in [0.1, 0.15) is 17.3 Å². The first-order chi connectivity index (χ1) is 9.51. The highest BCUT2D eigenvalue weighted by atomic mass is 16.4. The molecule has 0 fully saturated rings. The van der Waals surface area contributed by atoms with Crippen LogP contribution in [0.4, 0.5) is 0 Å².